The van der Waals surface area contributed by atoms with Crippen LogP contribution >= 0.6 is 12.2 Å². The number of carbonyl (C=O) groups excluding carboxylic acids is 2. The molecular formula is C21H24N6O4S2. The second kappa shape index (κ2) is 10.1. The van der Waals surface area contributed by atoms with E-state index in [0.717, 1.165) is 15.4 Å². The van der Waals surface area contributed by atoms with E-state index < -0.39 is 21.8 Å². The number of nitrogens with one attached hydrogen (secondary N) is 3. The zero-order valence-corrected chi connectivity index (χ0v) is 20.0. The molecule has 2 amide bonds. The minimum absolute atomic E-state index is 0.0237. The highest BCUT2D eigenvalue weighted by molar-refractivity contribution is 7.89. The van der Waals surface area contributed by atoms with Gasteiger partial charge in [0.1, 0.15) is 0 Å². The first kappa shape index (κ1) is 24.3. The number of sulfonamides is 1. The highest BCUT2D eigenvalue weighted by atomic mass is 32.2. The molecule has 0 aliphatic rings. The van der Waals surface area contributed by atoms with Crippen LogP contribution < -0.4 is 10.9 Å². The van der Waals surface area contributed by atoms with E-state index in [1.54, 1.807) is 4.57 Å². The van der Waals surface area contributed by atoms with Gasteiger partial charge < -0.3 is 0 Å². The Balaban J connectivity index is 1.61. The van der Waals surface area contributed by atoms with Gasteiger partial charge in [-0.1, -0.05) is 35.9 Å². The molecule has 0 spiro atoms. The summed E-state index contributed by atoms with van der Waals surface area (Å²) >= 11 is 5.27. The first-order valence-corrected chi connectivity index (χ1v) is 11.8. The molecule has 3 N–H and O–H groups in total. The third-order valence-electron chi connectivity index (χ3n) is 4.82. The molecule has 0 aliphatic carbocycles. The van der Waals surface area contributed by atoms with Crippen LogP contribution in [0.3, 0.4) is 0 Å². The third kappa shape index (κ3) is 5.72. The van der Waals surface area contributed by atoms with Crippen molar-refractivity contribution in [1.82, 2.24) is 29.9 Å². The van der Waals surface area contributed by atoms with E-state index >= 15 is 0 Å². The maximum atomic E-state index is 12.4. The van der Waals surface area contributed by atoms with Crippen molar-refractivity contribution in [3.8, 4) is 11.4 Å². The molecule has 0 saturated heterocycles. The zero-order valence-electron chi connectivity index (χ0n) is 18.3. The minimum Gasteiger partial charge on any atom is -0.300 e. The van der Waals surface area contributed by atoms with Gasteiger partial charge in [-0.2, -0.15) is 5.10 Å². The first-order valence-electron chi connectivity index (χ1n) is 9.93. The molecule has 0 unspecified atom stereocenters. The molecule has 174 valence electrons. The Bertz CT molecular complexity index is 1330. The van der Waals surface area contributed by atoms with Crippen molar-refractivity contribution in [2.24, 2.45) is 0 Å². The topological polar surface area (TPSA) is 129 Å². The van der Waals surface area contributed by atoms with E-state index in [2.05, 4.69) is 21.0 Å². The lowest BCUT2D eigenvalue weighted by Gasteiger charge is -2.12. The van der Waals surface area contributed by atoms with Crippen molar-refractivity contribution < 1.29 is 18.0 Å². The Morgan fingerprint density at radius 1 is 1.12 bits per heavy atom. The summed E-state index contributed by atoms with van der Waals surface area (Å²) in [7, 11) is -0.884. The number of aryl methyl sites for hydroxylation is 1. The summed E-state index contributed by atoms with van der Waals surface area (Å²) < 4.78 is 27.6. The Hall–Kier alpha value is -3.35. The van der Waals surface area contributed by atoms with Gasteiger partial charge in [0.05, 0.1) is 4.90 Å². The van der Waals surface area contributed by atoms with E-state index in [4.69, 9.17) is 12.2 Å². The minimum atomic E-state index is -3.69. The number of hydrogen-bond acceptors (Lipinski definition) is 6. The van der Waals surface area contributed by atoms with Crippen LogP contribution in [0.2, 0.25) is 0 Å². The van der Waals surface area contributed by atoms with Crippen LogP contribution in [0.15, 0.2) is 53.4 Å². The van der Waals surface area contributed by atoms with Crippen LogP contribution in [-0.4, -0.2) is 53.4 Å². The lowest BCUT2D eigenvalue weighted by atomic mass is 10.1. The predicted octanol–water partition coefficient (Wildman–Crippen LogP) is 2.02. The standard InChI is InChI=1S/C21H24N6O4S2/c1-14-7-9-15(10-8-14)19-23-25-21(32)27(19)12-11-18(28)22-24-20(29)16-5-4-6-17(13-16)33(30,31)26(2)3/h4-10,13H,11-12H2,1-3H3,(H,22,28)(H,24,29)(H,25,32). The van der Waals surface area contributed by atoms with Crippen LogP contribution in [0.4, 0.5) is 0 Å². The molecule has 33 heavy (non-hydrogen) atoms. The summed E-state index contributed by atoms with van der Waals surface area (Å²) in [5.41, 5.74) is 6.69. The van der Waals surface area contributed by atoms with Crippen molar-refractivity contribution in [3.63, 3.8) is 0 Å². The number of H-pyrrole nitrogens is 1. The molecule has 3 aromatic rings. The molecule has 0 bridgehead atoms. The Morgan fingerprint density at radius 2 is 1.82 bits per heavy atom. The third-order valence-corrected chi connectivity index (χ3v) is 6.94. The molecule has 10 nitrogen and oxygen atoms in total. The Kier molecular flexibility index (Phi) is 7.41. The maximum absolute atomic E-state index is 12.4. The summed E-state index contributed by atoms with van der Waals surface area (Å²) in [6.45, 7) is 2.23. The van der Waals surface area contributed by atoms with Gasteiger partial charge in [-0.05, 0) is 37.3 Å². The fourth-order valence-corrected chi connectivity index (χ4v) is 4.10. The molecule has 1 aromatic heterocycles. The molecule has 0 fully saturated rings. The monoisotopic (exact) mass is 488 g/mol. The largest absolute Gasteiger partial charge is 0.300 e. The van der Waals surface area contributed by atoms with Gasteiger partial charge in [0.25, 0.3) is 5.91 Å². The zero-order chi connectivity index (χ0) is 24.2. The SMILES string of the molecule is Cc1ccc(-c2n[nH]c(=S)n2CCC(=O)NNC(=O)c2cccc(S(=O)(=O)N(C)C)c2)cc1. The van der Waals surface area contributed by atoms with Crippen LogP contribution in [0.5, 0.6) is 0 Å². The van der Waals surface area contributed by atoms with Crippen molar-refractivity contribution in [1.29, 1.82) is 0 Å². The van der Waals surface area contributed by atoms with Gasteiger partial charge in [0.2, 0.25) is 15.9 Å². The van der Waals surface area contributed by atoms with Gasteiger partial charge in [-0.3, -0.25) is 30.1 Å². The fraction of sp³-hybridized carbons (Fsp3) is 0.238. The molecule has 2 aromatic carbocycles. The van der Waals surface area contributed by atoms with Crippen molar-refractivity contribution in [2.75, 3.05) is 14.1 Å². The number of aromatic nitrogens is 3. The van der Waals surface area contributed by atoms with Gasteiger partial charge in [0, 0.05) is 38.2 Å². The smallest absolute Gasteiger partial charge is 0.269 e. The first-order chi connectivity index (χ1) is 15.6. The maximum Gasteiger partial charge on any atom is 0.269 e. The molecule has 0 atom stereocenters. The number of aromatic amines is 1. The van der Waals surface area contributed by atoms with E-state index in [1.165, 1.54) is 38.4 Å². The van der Waals surface area contributed by atoms with Gasteiger partial charge >= 0.3 is 0 Å². The van der Waals surface area contributed by atoms with Gasteiger partial charge in [-0.15, -0.1) is 0 Å². The number of hydrogen-bond donors (Lipinski definition) is 3. The molecular weight excluding hydrogens is 464 g/mol. The number of carbonyl (C=O) groups is 2. The lowest BCUT2D eigenvalue weighted by Crippen LogP contribution is -2.42. The number of nitrogens with zero attached hydrogens (tertiary/aromatic N) is 3. The molecule has 0 saturated carbocycles. The van der Waals surface area contributed by atoms with Crippen molar-refractivity contribution in [2.45, 2.75) is 24.8 Å². The summed E-state index contributed by atoms with van der Waals surface area (Å²) in [6.07, 6.45) is 0.0298. The van der Waals surface area contributed by atoms with Crippen LogP contribution in [0.25, 0.3) is 11.4 Å². The molecule has 0 radical (unpaired) electrons. The lowest BCUT2D eigenvalue weighted by molar-refractivity contribution is -0.122. The average molecular weight is 489 g/mol. The Labute approximate surface area is 196 Å². The van der Waals surface area contributed by atoms with Gasteiger partial charge in [0.15, 0.2) is 10.6 Å². The van der Waals surface area contributed by atoms with E-state index in [9.17, 15) is 18.0 Å². The van der Waals surface area contributed by atoms with Crippen LogP contribution in [0.1, 0.15) is 22.3 Å². The normalized spacial score (nSPS) is 11.4. The second-order valence-corrected chi connectivity index (χ2v) is 9.98. The van der Waals surface area contributed by atoms with Gasteiger partial charge in [-0.25, -0.2) is 12.7 Å². The highest BCUT2D eigenvalue weighted by Crippen LogP contribution is 2.18. The van der Waals surface area contributed by atoms with Crippen LogP contribution in [0, 0.1) is 11.7 Å². The summed E-state index contributed by atoms with van der Waals surface area (Å²) in [5, 5.41) is 6.97. The Morgan fingerprint density at radius 3 is 2.48 bits per heavy atom. The molecule has 0 aliphatic heterocycles. The predicted molar refractivity (Wildman–Crippen MR) is 125 cm³/mol. The summed E-state index contributed by atoms with van der Waals surface area (Å²) in [4.78, 5) is 24.6. The van der Waals surface area contributed by atoms with E-state index in [1.807, 2.05) is 31.2 Å². The molecule has 12 heteroatoms. The summed E-state index contributed by atoms with van der Waals surface area (Å²) in [5.74, 6) is -0.478. The number of hydrazine groups is 1. The number of benzene rings is 2. The molecule has 3 rings (SSSR count). The second-order valence-electron chi connectivity index (χ2n) is 7.44. The van der Waals surface area contributed by atoms with Crippen LogP contribution in [-0.2, 0) is 21.4 Å². The van der Waals surface area contributed by atoms with E-state index in [-0.39, 0.29) is 23.4 Å². The highest BCUT2D eigenvalue weighted by Gasteiger charge is 2.19. The van der Waals surface area contributed by atoms with E-state index in [0.29, 0.717) is 10.6 Å². The number of amides is 2. The summed E-state index contributed by atoms with van der Waals surface area (Å²) in [6, 6.07) is 13.3. The fourth-order valence-electron chi connectivity index (χ4n) is 2.93. The van der Waals surface area contributed by atoms with Crippen molar-refractivity contribution >= 4 is 34.1 Å². The molecule has 1 heterocycles. The quantitative estimate of drug-likeness (QED) is 0.345. The van der Waals surface area contributed by atoms with Crippen molar-refractivity contribution in [3.05, 3.63) is 64.4 Å². The number of rotatable bonds is 7. The average Bonchev–Trinajstić information content (AvgIpc) is 3.16.